The lowest BCUT2D eigenvalue weighted by Crippen LogP contribution is -2.47. The van der Waals surface area contributed by atoms with Gasteiger partial charge in [0.05, 0.1) is 12.7 Å². The first-order valence-electron chi connectivity index (χ1n) is 9.15. The maximum atomic E-state index is 5.68. The van der Waals surface area contributed by atoms with Crippen LogP contribution in [0.25, 0.3) is 0 Å². The van der Waals surface area contributed by atoms with Crippen molar-refractivity contribution >= 4 is 18.2 Å². The number of benzene rings is 1. The second kappa shape index (κ2) is 7.98. The van der Waals surface area contributed by atoms with Crippen molar-refractivity contribution < 1.29 is 0 Å². The van der Waals surface area contributed by atoms with Gasteiger partial charge in [0, 0.05) is 38.6 Å². The molecule has 27 heavy (non-hydrogen) atoms. The highest BCUT2D eigenvalue weighted by Crippen LogP contribution is 2.18. The summed E-state index contributed by atoms with van der Waals surface area (Å²) in [6, 6.07) is 12.4. The molecule has 1 aliphatic heterocycles. The Morgan fingerprint density at radius 2 is 1.70 bits per heavy atom. The SMILES string of the molecule is C[C@H](c1ccccc1)n1cnn(CN2CCN(c3ncccn3)CC2)c1=S. The molecule has 0 bridgehead atoms. The molecule has 0 unspecified atom stereocenters. The van der Waals surface area contributed by atoms with E-state index >= 15 is 0 Å². The third-order valence-corrected chi connectivity index (χ3v) is 5.42. The standard InChI is InChI=1S/C19H23N7S/c1-16(17-6-3-2-4-7-17)25-14-22-26(19(25)27)15-23-10-12-24(13-11-23)18-20-8-5-9-21-18/h2-9,14,16H,10-13,15H2,1H3/t16-/m1/s1. The number of piperazine rings is 1. The highest BCUT2D eigenvalue weighted by Gasteiger charge is 2.20. The van der Waals surface area contributed by atoms with Crippen LogP contribution >= 0.6 is 12.2 Å². The second-order valence-electron chi connectivity index (χ2n) is 6.70. The predicted octanol–water partition coefficient (Wildman–Crippen LogP) is 2.59. The lowest BCUT2D eigenvalue weighted by atomic mass is 10.1. The number of anilines is 1. The number of aromatic nitrogens is 5. The van der Waals surface area contributed by atoms with Crippen molar-refractivity contribution in [1.82, 2.24) is 29.2 Å². The van der Waals surface area contributed by atoms with E-state index in [1.54, 1.807) is 12.4 Å². The Morgan fingerprint density at radius 1 is 1.00 bits per heavy atom. The van der Waals surface area contributed by atoms with Gasteiger partial charge in [0.2, 0.25) is 5.95 Å². The molecule has 8 heteroatoms. The monoisotopic (exact) mass is 381 g/mol. The Kier molecular flexibility index (Phi) is 5.26. The average Bonchev–Trinajstić information content (AvgIpc) is 3.09. The van der Waals surface area contributed by atoms with E-state index in [0.717, 1.165) is 36.9 Å². The van der Waals surface area contributed by atoms with Crippen LogP contribution in [0.1, 0.15) is 18.5 Å². The number of rotatable bonds is 5. The maximum Gasteiger partial charge on any atom is 0.225 e. The van der Waals surface area contributed by atoms with E-state index in [1.165, 1.54) is 5.56 Å². The summed E-state index contributed by atoms with van der Waals surface area (Å²) in [7, 11) is 0. The normalized spacial score (nSPS) is 16.4. The first kappa shape index (κ1) is 17.8. The van der Waals surface area contributed by atoms with Gasteiger partial charge >= 0.3 is 0 Å². The predicted molar refractivity (Wildman–Crippen MR) is 107 cm³/mol. The Morgan fingerprint density at radius 3 is 2.41 bits per heavy atom. The van der Waals surface area contributed by atoms with Crippen LogP contribution < -0.4 is 4.90 Å². The van der Waals surface area contributed by atoms with Crippen LogP contribution in [0.2, 0.25) is 0 Å². The van der Waals surface area contributed by atoms with Crippen molar-refractivity contribution in [1.29, 1.82) is 0 Å². The van der Waals surface area contributed by atoms with Crippen molar-refractivity contribution in [2.24, 2.45) is 0 Å². The van der Waals surface area contributed by atoms with Gasteiger partial charge in [-0.1, -0.05) is 30.3 Å². The molecule has 1 fully saturated rings. The smallest absolute Gasteiger partial charge is 0.225 e. The first-order valence-corrected chi connectivity index (χ1v) is 9.56. The Balaban J connectivity index is 1.40. The van der Waals surface area contributed by atoms with Crippen LogP contribution in [0.4, 0.5) is 5.95 Å². The summed E-state index contributed by atoms with van der Waals surface area (Å²) in [6.07, 6.45) is 5.41. The minimum Gasteiger partial charge on any atom is -0.338 e. The van der Waals surface area contributed by atoms with Crippen molar-refractivity contribution in [3.05, 3.63) is 65.5 Å². The average molecular weight is 382 g/mol. The van der Waals surface area contributed by atoms with Crippen molar-refractivity contribution in [2.45, 2.75) is 19.6 Å². The summed E-state index contributed by atoms with van der Waals surface area (Å²) >= 11 is 5.68. The van der Waals surface area contributed by atoms with Crippen LogP contribution in [0, 0.1) is 4.77 Å². The lowest BCUT2D eigenvalue weighted by Gasteiger charge is -2.34. The molecule has 0 aliphatic carbocycles. The second-order valence-corrected chi connectivity index (χ2v) is 7.07. The van der Waals surface area contributed by atoms with Crippen molar-refractivity contribution in [2.75, 3.05) is 31.1 Å². The highest BCUT2D eigenvalue weighted by molar-refractivity contribution is 7.71. The molecule has 0 saturated carbocycles. The molecule has 1 aromatic carbocycles. The van der Waals surface area contributed by atoms with Gasteiger partial charge in [-0.3, -0.25) is 9.47 Å². The molecule has 4 rings (SSSR count). The van der Waals surface area contributed by atoms with Gasteiger partial charge in [0.25, 0.3) is 0 Å². The molecule has 2 aromatic heterocycles. The molecule has 1 atom stereocenters. The van der Waals surface area contributed by atoms with E-state index in [2.05, 4.69) is 60.6 Å². The number of hydrogen-bond acceptors (Lipinski definition) is 6. The topological polar surface area (TPSA) is 55.0 Å². The summed E-state index contributed by atoms with van der Waals surface area (Å²) in [5, 5.41) is 4.53. The van der Waals surface area contributed by atoms with Gasteiger partial charge in [-0.05, 0) is 30.8 Å². The fourth-order valence-corrected chi connectivity index (χ4v) is 3.65. The summed E-state index contributed by atoms with van der Waals surface area (Å²) < 4.78 is 4.71. The third kappa shape index (κ3) is 3.91. The Bertz CT molecular complexity index is 914. The molecule has 1 saturated heterocycles. The Labute approximate surface area is 163 Å². The molecule has 0 amide bonds. The van der Waals surface area contributed by atoms with E-state index in [0.29, 0.717) is 6.67 Å². The van der Waals surface area contributed by atoms with Gasteiger partial charge in [-0.25, -0.2) is 14.6 Å². The molecule has 3 aromatic rings. The minimum absolute atomic E-state index is 0.166. The number of hydrogen-bond donors (Lipinski definition) is 0. The van der Waals surface area contributed by atoms with Crippen LogP contribution in [-0.4, -0.2) is 55.4 Å². The fourth-order valence-electron chi connectivity index (χ4n) is 3.34. The van der Waals surface area contributed by atoms with Gasteiger partial charge in [0.15, 0.2) is 4.77 Å². The van der Waals surface area contributed by atoms with Gasteiger partial charge in [-0.2, -0.15) is 5.10 Å². The summed E-state index contributed by atoms with van der Waals surface area (Å²) in [5.41, 5.74) is 1.23. The van der Waals surface area contributed by atoms with Crippen molar-refractivity contribution in [3.8, 4) is 0 Å². The van der Waals surface area contributed by atoms with Gasteiger partial charge < -0.3 is 4.90 Å². The van der Waals surface area contributed by atoms with Gasteiger partial charge in [-0.15, -0.1) is 0 Å². The zero-order valence-corrected chi connectivity index (χ0v) is 16.2. The lowest BCUT2D eigenvalue weighted by molar-refractivity contribution is 0.193. The molecule has 7 nitrogen and oxygen atoms in total. The van der Waals surface area contributed by atoms with E-state index in [4.69, 9.17) is 12.2 Å². The van der Waals surface area contributed by atoms with Crippen LogP contribution in [0.5, 0.6) is 0 Å². The molecular formula is C19H23N7S. The van der Waals surface area contributed by atoms with Crippen LogP contribution in [-0.2, 0) is 6.67 Å². The van der Waals surface area contributed by atoms with E-state index in [-0.39, 0.29) is 6.04 Å². The quantitative estimate of drug-likeness (QED) is 0.633. The molecule has 1 aliphatic rings. The minimum atomic E-state index is 0.166. The van der Waals surface area contributed by atoms with E-state index in [1.807, 2.05) is 23.1 Å². The van der Waals surface area contributed by atoms with Crippen molar-refractivity contribution in [3.63, 3.8) is 0 Å². The van der Waals surface area contributed by atoms with E-state index in [9.17, 15) is 0 Å². The molecule has 0 radical (unpaired) electrons. The molecule has 0 N–H and O–H groups in total. The Hall–Kier alpha value is -2.58. The van der Waals surface area contributed by atoms with E-state index < -0.39 is 0 Å². The fraction of sp³-hybridized carbons (Fsp3) is 0.368. The zero-order chi connectivity index (χ0) is 18.6. The molecular weight excluding hydrogens is 358 g/mol. The molecule has 0 spiro atoms. The maximum absolute atomic E-state index is 5.68. The van der Waals surface area contributed by atoms with Crippen LogP contribution in [0.15, 0.2) is 55.1 Å². The van der Waals surface area contributed by atoms with Crippen LogP contribution in [0.3, 0.4) is 0 Å². The third-order valence-electron chi connectivity index (χ3n) is 5.00. The molecule has 3 heterocycles. The van der Waals surface area contributed by atoms with Gasteiger partial charge in [0.1, 0.15) is 6.33 Å². The summed E-state index contributed by atoms with van der Waals surface area (Å²) in [5.74, 6) is 0.801. The largest absolute Gasteiger partial charge is 0.338 e. The summed E-state index contributed by atoms with van der Waals surface area (Å²) in [6.45, 7) is 6.52. The summed E-state index contributed by atoms with van der Waals surface area (Å²) in [4.78, 5) is 13.2. The molecule has 140 valence electrons. The number of nitrogens with zero attached hydrogens (tertiary/aromatic N) is 7. The first-order chi connectivity index (χ1) is 13.2. The highest BCUT2D eigenvalue weighted by atomic mass is 32.1. The zero-order valence-electron chi connectivity index (χ0n) is 15.3.